The van der Waals surface area contributed by atoms with Crippen LogP contribution in [0.5, 0.6) is 0 Å². The van der Waals surface area contributed by atoms with Gasteiger partial charge in [-0.2, -0.15) is 23.5 Å². The van der Waals surface area contributed by atoms with Gasteiger partial charge in [0, 0.05) is 4.88 Å². The van der Waals surface area contributed by atoms with Crippen LogP contribution in [0.4, 0.5) is 18.2 Å². The molecule has 1 atom stereocenters. The van der Waals surface area contributed by atoms with Crippen molar-refractivity contribution in [3.05, 3.63) is 31.9 Å². The molecule has 1 aliphatic carbocycles. The number of carbonyl (C=O) groups is 1. The molecule has 2 heterocycles. The van der Waals surface area contributed by atoms with Gasteiger partial charge < -0.3 is 5.32 Å². The van der Waals surface area contributed by atoms with Crippen LogP contribution in [-0.2, 0) is 30.4 Å². The van der Waals surface area contributed by atoms with Crippen LogP contribution in [0.15, 0.2) is 4.47 Å². The van der Waals surface area contributed by atoms with Crippen molar-refractivity contribution in [1.82, 2.24) is 9.78 Å². The largest absolute Gasteiger partial charge is 0.436 e. The lowest BCUT2D eigenvalue weighted by Gasteiger charge is -2.33. The van der Waals surface area contributed by atoms with Crippen LogP contribution >= 0.6 is 27.3 Å². The maximum atomic E-state index is 13.0. The molecule has 5 nitrogen and oxygen atoms in total. The SMILES string of the molecule is Cc1c(Br)c(C(F)(F)F)nn1CC(=O)Nc1sc2c(c1C#N)CCC(C(C)(C)C)C2. The molecule has 162 valence electrons. The second-order valence-corrected chi connectivity index (χ2v) is 10.5. The van der Waals surface area contributed by atoms with Gasteiger partial charge in [-0.1, -0.05) is 20.8 Å². The molecule has 0 spiro atoms. The summed E-state index contributed by atoms with van der Waals surface area (Å²) < 4.78 is 39.9. The summed E-state index contributed by atoms with van der Waals surface area (Å²) >= 11 is 4.29. The van der Waals surface area contributed by atoms with Crippen LogP contribution in [-0.4, -0.2) is 15.7 Å². The van der Waals surface area contributed by atoms with E-state index in [1.165, 1.54) is 18.3 Å². The molecule has 0 saturated heterocycles. The standard InChI is InChI=1S/C20H22BrF3N4OS/c1-10-16(21)17(20(22,23)24)27-28(10)9-15(29)26-18-13(8-25)12-6-5-11(19(2,3)4)7-14(12)30-18/h11H,5-7,9H2,1-4H3,(H,26,29). The number of alkyl halides is 3. The maximum Gasteiger partial charge on any atom is 0.436 e. The Kier molecular flexibility index (Phi) is 6.09. The minimum absolute atomic E-state index is 0.152. The lowest BCUT2D eigenvalue weighted by molar-refractivity contribution is -0.142. The summed E-state index contributed by atoms with van der Waals surface area (Å²) in [5.74, 6) is -0.0344. The number of nitriles is 1. The molecule has 30 heavy (non-hydrogen) atoms. The van der Waals surface area contributed by atoms with E-state index < -0.39 is 17.8 Å². The van der Waals surface area contributed by atoms with E-state index in [1.807, 2.05) is 0 Å². The third-order valence-electron chi connectivity index (χ3n) is 5.55. The van der Waals surface area contributed by atoms with Gasteiger partial charge in [-0.05, 0) is 59.0 Å². The number of fused-ring (bicyclic) bond motifs is 1. The van der Waals surface area contributed by atoms with E-state index >= 15 is 0 Å². The van der Waals surface area contributed by atoms with Gasteiger partial charge in [-0.3, -0.25) is 9.48 Å². The summed E-state index contributed by atoms with van der Waals surface area (Å²) in [5.41, 5.74) is 0.738. The van der Waals surface area contributed by atoms with Gasteiger partial charge in [0.05, 0.1) is 15.7 Å². The first-order valence-corrected chi connectivity index (χ1v) is 11.1. The number of nitrogens with one attached hydrogen (secondary N) is 1. The van der Waals surface area contributed by atoms with Crippen molar-refractivity contribution in [2.75, 3.05) is 5.32 Å². The normalized spacial score (nSPS) is 16.8. The number of anilines is 1. The molecular weight excluding hydrogens is 481 g/mol. The van der Waals surface area contributed by atoms with Crippen molar-refractivity contribution < 1.29 is 18.0 Å². The number of rotatable bonds is 3. The van der Waals surface area contributed by atoms with Crippen LogP contribution in [0, 0.1) is 29.6 Å². The predicted molar refractivity (Wildman–Crippen MR) is 112 cm³/mol. The average Bonchev–Trinajstić information content (AvgIpc) is 3.11. The van der Waals surface area contributed by atoms with Gasteiger partial charge in [0.25, 0.3) is 0 Å². The first-order valence-electron chi connectivity index (χ1n) is 9.47. The van der Waals surface area contributed by atoms with Gasteiger partial charge in [0.2, 0.25) is 5.91 Å². The van der Waals surface area contributed by atoms with Gasteiger partial charge in [-0.15, -0.1) is 11.3 Å². The molecule has 1 amide bonds. The topological polar surface area (TPSA) is 70.7 Å². The Labute approximate surface area is 185 Å². The fourth-order valence-electron chi connectivity index (χ4n) is 3.69. The smallest absolute Gasteiger partial charge is 0.315 e. The highest BCUT2D eigenvalue weighted by Crippen LogP contribution is 2.44. The van der Waals surface area contributed by atoms with Gasteiger partial charge in [-0.25, -0.2) is 0 Å². The summed E-state index contributed by atoms with van der Waals surface area (Å²) in [5, 5.41) is 16.3. The highest BCUT2D eigenvalue weighted by molar-refractivity contribution is 9.10. The lowest BCUT2D eigenvalue weighted by atomic mass is 9.72. The summed E-state index contributed by atoms with van der Waals surface area (Å²) in [6, 6.07) is 2.19. The summed E-state index contributed by atoms with van der Waals surface area (Å²) in [6.07, 6.45) is -1.99. The van der Waals surface area contributed by atoms with E-state index in [4.69, 9.17) is 0 Å². The van der Waals surface area contributed by atoms with E-state index in [0.29, 0.717) is 16.5 Å². The Morgan fingerprint density at radius 2 is 2.07 bits per heavy atom. The molecule has 2 aromatic rings. The Morgan fingerprint density at radius 1 is 1.40 bits per heavy atom. The first kappa shape index (κ1) is 22.8. The zero-order chi connectivity index (χ0) is 22.4. The highest BCUT2D eigenvalue weighted by Gasteiger charge is 2.38. The first-order chi connectivity index (χ1) is 13.8. The molecule has 3 rings (SSSR count). The van der Waals surface area contributed by atoms with Crippen LogP contribution in [0.25, 0.3) is 0 Å². The molecule has 0 aliphatic heterocycles. The molecule has 1 aliphatic rings. The van der Waals surface area contributed by atoms with Gasteiger partial charge in [0.1, 0.15) is 17.6 Å². The number of carbonyl (C=O) groups excluding carboxylic acids is 1. The van der Waals surface area contributed by atoms with E-state index in [9.17, 15) is 23.2 Å². The number of hydrogen-bond donors (Lipinski definition) is 1. The van der Waals surface area contributed by atoms with Gasteiger partial charge in [0.15, 0.2) is 5.69 Å². The Balaban J connectivity index is 1.81. The minimum Gasteiger partial charge on any atom is -0.315 e. The number of thiophene rings is 1. The molecular formula is C20H22BrF3N4OS. The van der Waals surface area contributed by atoms with E-state index in [1.54, 1.807) is 0 Å². The van der Waals surface area contributed by atoms with Crippen molar-refractivity contribution in [2.24, 2.45) is 11.3 Å². The van der Waals surface area contributed by atoms with Gasteiger partial charge >= 0.3 is 6.18 Å². The third-order valence-corrected chi connectivity index (χ3v) is 7.67. The fraction of sp³-hybridized carbons (Fsp3) is 0.550. The molecule has 0 fully saturated rings. The maximum absolute atomic E-state index is 13.0. The molecule has 0 aromatic carbocycles. The van der Waals surface area contributed by atoms with Crippen LogP contribution in [0.3, 0.4) is 0 Å². The van der Waals surface area contributed by atoms with Crippen molar-refractivity contribution in [3.8, 4) is 6.07 Å². The minimum atomic E-state index is -4.62. The monoisotopic (exact) mass is 502 g/mol. The molecule has 0 radical (unpaired) electrons. The second-order valence-electron chi connectivity index (χ2n) is 8.58. The summed E-state index contributed by atoms with van der Waals surface area (Å²) in [7, 11) is 0. The van der Waals surface area contributed by atoms with Crippen molar-refractivity contribution >= 4 is 38.2 Å². The van der Waals surface area contributed by atoms with Crippen LogP contribution < -0.4 is 5.32 Å². The predicted octanol–water partition coefficient (Wildman–Crippen LogP) is 5.70. The van der Waals surface area contributed by atoms with E-state index in [-0.39, 0.29) is 22.1 Å². The molecule has 10 heteroatoms. The zero-order valence-corrected chi connectivity index (χ0v) is 19.5. The summed E-state index contributed by atoms with van der Waals surface area (Å²) in [4.78, 5) is 13.6. The number of aromatic nitrogens is 2. The van der Waals surface area contributed by atoms with E-state index in [2.05, 4.69) is 53.2 Å². The lowest BCUT2D eigenvalue weighted by Crippen LogP contribution is -2.26. The number of hydrogen-bond acceptors (Lipinski definition) is 4. The third kappa shape index (κ3) is 4.42. The molecule has 2 aromatic heterocycles. The van der Waals surface area contributed by atoms with E-state index in [0.717, 1.165) is 34.4 Å². The van der Waals surface area contributed by atoms with Crippen LogP contribution in [0.2, 0.25) is 0 Å². The van der Waals surface area contributed by atoms with Crippen molar-refractivity contribution in [3.63, 3.8) is 0 Å². The summed E-state index contributed by atoms with van der Waals surface area (Å²) in [6.45, 7) is 7.67. The number of nitrogens with zero attached hydrogens (tertiary/aromatic N) is 3. The Bertz CT molecular complexity index is 1030. The Hall–Kier alpha value is -1.86. The Morgan fingerprint density at radius 3 is 2.60 bits per heavy atom. The van der Waals surface area contributed by atoms with Crippen LogP contribution in [0.1, 0.15) is 54.6 Å². The quantitative estimate of drug-likeness (QED) is 0.585. The molecule has 0 saturated carbocycles. The molecule has 0 bridgehead atoms. The van der Waals surface area contributed by atoms with Crippen molar-refractivity contribution in [1.29, 1.82) is 5.26 Å². The molecule has 1 N–H and O–H groups in total. The van der Waals surface area contributed by atoms with Crippen molar-refractivity contribution in [2.45, 2.75) is 59.7 Å². The second kappa shape index (κ2) is 8.00. The average molecular weight is 503 g/mol. The zero-order valence-electron chi connectivity index (χ0n) is 17.1. The fourth-order valence-corrected chi connectivity index (χ4v) is 5.50. The number of halogens is 4. The number of amides is 1. The highest BCUT2D eigenvalue weighted by atomic mass is 79.9. The molecule has 1 unspecified atom stereocenters.